The van der Waals surface area contributed by atoms with Crippen LogP contribution in [-0.2, 0) is 49.3 Å². The summed E-state index contributed by atoms with van der Waals surface area (Å²) >= 11 is 0. The number of phenolic OH excluding ortho intramolecular Hbond substituents is 1. The third kappa shape index (κ3) is 16.0. The Hall–Kier alpha value is -0.560. The molecule has 2 aromatic rings. The third-order valence-electron chi connectivity index (χ3n) is 9.35. The maximum atomic E-state index is 14.3. The Kier molecular flexibility index (Phi) is 23.1. The normalized spacial score (nSPS) is 29.4. The van der Waals surface area contributed by atoms with Crippen molar-refractivity contribution in [1.82, 2.24) is 0 Å². The minimum atomic E-state index is -4.84. The number of fused-ring (bicyclic) bond motifs is 1. The number of ether oxygens (including phenoxy) is 8. The number of Topliss-reactive ketones (excluding diaryl/α,β-unsaturated/α-hetero) is 1. The summed E-state index contributed by atoms with van der Waals surface area (Å²) < 4.78 is 145. The molecule has 0 spiro atoms. The number of hydrogen-bond donors (Lipinski definition) is 7. The number of carbonyl (C=O) groups is 1. The van der Waals surface area contributed by atoms with Crippen LogP contribution in [0.2, 0.25) is 0 Å². The van der Waals surface area contributed by atoms with E-state index in [1.807, 2.05) is 0 Å². The van der Waals surface area contributed by atoms with Crippen LogP contribution in [0.3, 0.4) is 0 Å². The fourth-order valence-electron chi connectivity index (χ4n) is 6.21. The van der Waals surface area contributed by atoms with E-state index in [1.54, 1.807) is 0 Å². The largest absolute Gasteiger partial charge is 1.00 e. The van der Waals surface area contributed by atoms with E-state index in [0.29, 0.717) is 0 Å². The summed E-state index contributed by atoms with van der Waals surface area (Å²) in [5, 5.41) is 74.0. The Balaban J connectivity index is 0.00000469. The van der Waals surface area contributed by atoms with Gasteiger partial charge in [-0.15, -0.1) is 0 Å². The summed E-state index contributed by atoms with van der Waals surface area (Å²) in [6.07, 6.45) is -21.1. The van der Waals surface area contributed by atoms with Crippen LogP contribution >= 0.6 is 0 Å². The number of benzene rings is 2. The molecule has 3 aliphatic heterocycles. The number of aliphatic hydroxyl groups excluding tert-OH is 6. The van der Waals surface area contributed by atoms with Crippen molar-refractivity contribution in [1.29, 1.82) is 0 Å². The standard InChI is InChI=1S/C33H44O25S3.3Na/c1-14-23(35)26(38)28(40)32(55-14)54-13-21-24(36)27(39)29(41)33(57-21)58-31-25(37)22-17(34)11-16(51-4-7-59(42,43)44)12-20(22)56-30(31)15-2-3-18(52-5-8-60(45,46)47)19(10-15)53-6-9-61(48,49)50;;;/h2-3,10-12,14,21,23-24,26-36,38-41H,4-9,13H2,1H3,(H,42,43,44)(H,45,46,47)(H,48,49,50);;;/q;3*+1/p-3/t14?,21-,23?,24?,26-,27+,28-,29?,30?,31?,32+,33+;;;/m1.../s1. The topological polar surface area (TPSA) is 404 Å². The molecular weight excluding hydrogens is 962 g/mol. The monoisotopic (exact) mass is 1000 g/mol. The van der Waals surface area contributed by atoms with Gasteiger partial charge in [0.15, 0.2) is 36.3 Å². The van der Waals surface area contributed by atoms with Gasteiger partial charge in [0.1, 0.15) is 85.4 Å². The van der Waals surface area contributed by atoms with Crippen molar-refractivity contribution in [2.45, 2.75) is 80.5 Å². The van der Waals surface area contributed by atoms with Crippen LogP contribution in [0.4, 0.5) is 0 Å². The molecule has 12 atom stereocenters. The molecule has 344 valence electrons. The van der Waals surface area contributed by atoms with Gasteiger partial charge < -0.3 is 87.3 Å². The van der Waals surface area contributed by atoms with E-state index < -0.39 is 176 Å². The minimum Gasteiger partial charge on any atom is -0.748 e. The molecule has 5 rings (SSSR count). The Morgan fingerprint density at radius 1 is 0.656 bits per heavy atom. The number of rotatable bonds is 18. The Bertz CT molecular complexity index is 2220. The minimum absolute atomic E-state index is 0. The molecule has 3 aliphatic rings. The summed E-state index contributed by atoms with van der Waals surface area (Å²) in [6, 6.07) is 5.25. The molecule has 0 aliphatic carbocycles. The van der Waals surface area contributed by atoms with Gasteiger partial charge in [-0.3, -0.25) is 4.79 Å². The van der Waals surface area contributed by atoms with E-state index >= 15 is 0 Å². The third-order valence-corrected chi connectivity index (χ3v) is 11.4. The molecule has 0 amide bonds. The van der Waals surface area contributed by atoms with E-state index in [2.05, 4.69) is 0 Å². The van der Waals surface area contributed by atoms with Crippen molar-refractivity contribution in [2.24, 2.45) is 0 Å². The number of phenols is 1. The fraction of sp³-hybridized carbons (Fsp3) is 0.606. The molecule has 0 radical (unpaired) electrons. The first kappa shape index (κ1) is 59.6. The van der Waals surface area contributed by atoms with Gasteiger partial charge in [0, 0.05) is 12.1 Å². The van der Waals surface area contributed by atoms with Crippen LogP contribution in [-0.4, -0.2) is 192 Å². The van der Waals surface area contributed by atoms with Gasteiger partial charge >= 0.3 is 88.7 Å². The molecule has 6 unspecified atom stereocenters. The number of ketones is 1. The molecule has 0 bridgehead atoms. The first-order valence-electron chi connectivity index (χ1n) is 17.9. The second-order valence-corrected chi connectivity index (χ2v) is 18.4. The maximum Gasteiger partial charge on any atom is 1.00 e. The van der Waals surface area contributed by atoms with Gasteiger partial charge in [-0.1, -0.05) is 6.07 Å². The summed E-state index contributed by atoms with van der Waals surface area (Å²) in [5.74, 6) is -6.42. The molecule has 2 saturated heterocycles. The van der Waals surface area contributed by atoms with E-state index in [9.17, 15) is 79.5 Å². The van der Waals surface area contributed by atoms with Gasteiger partial charge in [-0.25, -0.2) is 25.3 Å². The second kappa shape index (κ2) is 24.8. The van der Waals surface area contributed by atoms with Crippen LogP contribution in [0.15, 0.2) is 30.3 Å². The van der Waals surface area contributed by atoms with Gasteiger partial charge in [0.2, 0.25) is 5.78 Å². The van der Waals surface area contributed by atoms with Gasteiger partial charge in [-0.2, -0.15) is 0 Å². The zero-order valence-electron chi connectivity index (χ0n) is 34.5. The molecule has 2 aromatic carbocycles. The summed E-state index contributed by atoms with van der Waals surface area (Å²) in [6.45, 7) is -1.57. The van der Waals surface area contributed by atoms with E-state index in [0.717, 1.165) is 24.3 Å². The molecule has 0 saturated carbocycles. The summed E-state index contributed by atoms with van der Waals surface area (Å²) in [4.78, 5) is 14.3. The second-order valence-electron chi connectivity index (χ2n) is 13.8. The molecule has 7 N–H and O–H groups in total. The average molecular weight is 1000 g/mol. The van der Waals surface area contributed by atoms with Crippen LogP contribution < -0.4 is 108 Å². The summed E-state index contributed by atoms with van der Waals surface area (Å²) in [5.41, 5.74) is -0.704. The number of carbonyl (C=O) groups excluding carboxylic acids is 1. The van der Waals surface area contributed by atoms with E-state index in [-0.39, 0.29) is 106 Å². The SMILES string of the molecule is CC1O[C@H](OC[C@H]2O[C@@H](OC3C(=O)c4c(O)cc(OCCS(=O)(=O)[O-])cc4OC3c3ccc(OCCS(=O)(=O)[O-])c(OCCS(=O)(=O)[O-])c3)C(O)[C@@H](O)C2O)[C@H](O)[C@H](O)C1O.[Na+].[Na+].[Na+]. The first-order valence-corrected chi connectivity index (χ1v) is 22.6. The number of aliphatic hydroxyl groups is 6. The molecule has 0 aromatic heterocycles. The van der Waals surface area contributed by atoms with Crippen molar-refractivity contribution in [2.75, 3.05) is 43.7 Å². The van der Waals surface area contributed by atoms with E-state index in [1.165, 1.54) is 13.0 Å². The predicted molar refractivity (Wildman–Crippen MR) is 192 cm³/mol. The van der Waals surface area contributed by atoms with Crippen LogP contribution in [0.25, 0.3) is 0 Å². The number of hydrogen-bond acceptors (Lipinski definition) is 25. The van der Waals surface area contributed by atoms with Crippen molar-refractivity contribution in [3.63, 3.8) is 0 Å². The van der Waals surface area contributed by atoms with Gasteiger partial charge in [-0.05, 0) is 24.6 Å². The Morgan fingerprint density at radius 3 is 1.77 bits per heavy atom. The Labute approximate surface area is 432 Å². The van der Waals surface area contributed by atoms with Gasteiger partial charge in [0.25, 0.3) is 0 Å². The van der Waals surface area contributed by atoms with Crippen LogP contribution in [0.1, 0.15) is 28.9 Å². The zero-order chi connectivity index (χ0) is 45.2. The molecule has 64 heavy (non-hydrogen) atoms. The Morgan fingerprint density at radius 2 is 1.19 bits per heavy atom. The number of aromatic hydroxyl groups is 1. The van der Waals surface area contributed by atoms with Crippen molar-refractivity contribution < 1.29 is 206 Å². The predicted octanol–water partition coefficient (Wildman–Crippen LogP) is -13.5. The maximum absolute atomic E-state index is 14.3. The van der Waals surface area contributed by atoms with Crippen molar-refractivity contribution >= 4 is 36.1 Å². The summed E-state index contributed by atoms with van der Waals surface area (Å²) in [7, 11) is -14.4. The molecule has 25 nitrogen and oxygen atoms in total. The average Bonchev–Trinajstić information content (AvgIpc) is 3.15. The van der Waals surface area contributed by atoms with Crippen LogP contribution in [0.5, 0.6) is 28.7 Å². The molecule has 3 heterocycles. The smallest absolute Gasteiger partial charge is 0.748 e. The van der Waals surface area contributed by atoms with Crippen molar-refractivity contribution in [3.05, 3.63) is 41.5 Å². The molecule has 2 fully saturated rings. The fourth-order valence-corrected chi connectivity index (χ4v) is 7.07. The van der Waals surface area contributed by atoms with Crippen LogP contribution in [0, 0.1) is 0 Å². The van der Waals surface area contributed by atoms with Crippen molar-refractivity contribution in [3.8, 4) is 28.7 Å². The van der Waals surface area contributed by atoms with Gasteiger partial charge in [0.05, 0.1) is 60.3 Å². The molecule has 31 heteroatoms. The van der Waals surface area contributed by atoms with E-state index in [4.69, 9.17) is 37.9 Å². The molecular formula is C33H41Na3O25S3. The zero-order valence-corrected chi connectivity index (χ0v) is 42.9. The first-order chi connectivity index (χ1) is 28.3. The quantitative estimate of drug-likeness (QED) is 0.0538.